The zero-order valence-electron chi connectivity index (χ0n) is 10.4. The fourth-order valence-corrected chi connectivity index (χ4v) is 1.84. The van der Waals surface area contributed by atoms with E-state index in [1.165, 1.54) is 0 Å². The Kier molecular flexibility index (Phi) is 3.48. The van der Waals surface area contributed by atoms with Gasteiger partial charge in [-0.3, -0.25) is 4.79 Å². The van der Waals surface area contributed by atoms with Gasteiger partial charge < -0.3 is 14.8 Å². The van der Waals surface area contributed by atoms with Crippen molar-refractivity contribution in [1.29, 1.82) is 0 Å². The molecule has 2 aromatic rings. The van der Waals surface area contributed by atoms with Crippen LogP contribution in [0.2, 0.25) is 0 Å². The van der Waals surface area contributed by atoms with Crippen LogP contribution < -0.4 is 10.3 Å². The predicted molar refractivity (Wildman–Crippen MR) is 69.7 cm³/mol. The SMILES string of the molecule is COc1ccc(-c2ccc(CO)c(=O)[nH]2)cc1C. The number of pyridine rings is 1. The number of aromatic nitrogens is 1. The van der Waals surface area contributed by atoms with E-state index in [1.807, 2.05) is 25.1 Å². The number of benzene rings is 1. The molecule has 0 fully saturated rings. The molecule has 0 atom stereocenters. The molecular formula is C14H15NO3. The maximum atomic E-state index is 11.6. The zero-order valence-corrected chi connectivity index (χ0v) is 10.4. The molecule has 0 unspecified atom stereocenters. The first-order valence-electron chi connectivity index (χ1n) is 5.63. The lowest BCUT2D eigenvalue weighted by Gasteiger charge is -2.08. The van der Waals surface area contributed by atoms with Crippen LogP contribution in [0.4, 0.5) is 0 Å². The molecule has 1 heterocycles. The van der Waals surface area contributed by atoms with Crippen molar-refractivity contribution >= 4 is 0 Å². The van der Waals surface area contributed by atoms with E-state index >= 15 is 0 Å². The molecule has 0 spiro atoms. The Balaban J connectivity index is 2.46. The standard InChI is InChI=1S/C14H15NO3/c1-9-7-10(4-6-13(9)18-2)12-5-3-11(8-16)14(17)15-12/h3-7,16H,8H2,1-2H3,(H,15,17). The first-order valence-corrected chi connectivity index (χ1v) is 5.63. The molecule has 18 heavy (non-hydrogen) atoms. The van der Waals surface area contributed by atoms with Gasteiger partial charge in [0, 0.05) is 11.3 Å². The second-order valence-electron chi connectivity index (χ2n) is 4.07. The smallest absolute Gasteiger partial charge is 0.253 e. The van der Waals surface area contributed by atoms with Crippen molar-refractivity contribution in [1.82, 2.24) is 4.98 Å². The summed E-state index contributed by atoms with van der Waals surface area (Å²) in [6, 6.07) is 9.11. The summed E-state index contributed by atoms with van der Waals surface area (Å²) in [5, 5.41) is 8.96. The number of hydrogen-bond acceptors (Lipinski definition) is 3. The normalized spacial score (nSPS) is 10.4. The number of nitrogens with one attached hydrogen (secondary N) is 1. The van der Waals surface area contributed by atoms with Gasteiger partial charge >= 0.3 is 0 Å². The van der Waals surface area contributed by atoms with Gasteiger partial charge in [0.2, 0.25) is 0 Å². The summed E-state index contributed by atoms with van der Waals surface area (Å²) in [4.78, 5) is 14.4. The summed E-state index contributed by atoms with van der Waals surface area (Å²) in [6.45, 7) is 1.69. The average molecular weight is 245 g/mol. The molecule has 0 bridgehead atoms. The van der Waals surface area contributed by atoms with Gasteiger partial charge in [-0.2, -0.15) is 0 Å². The van der Waals surface area contributed by atoms with Gasteiger partial charge in [-0.1, -0.05) is 0 Å². The van der Waals surface area contributed by atoms with Crippen LogP contribution in [0.1, 0.15) is 11.1 Å². The summed E-state index contributed by atoms with van der Waals surface area (Å²) in [7, 11) is 1.62. The van der Waals surface area contributed by atoms with E-state index in [9.17, 15) is 4.79 Å². The van der Waals surface area contributed by atoms with Gasteiger partial charge in [0.1, 0.15) is 5.75 Å². The van der Waals surface area contributed by atoms with Crippen LogP contribution in [-0.4, -0.2) is 17.2 Å². The number of rotatable bonds is 3. The van der Waals surface area contributed by atoms with Crippen LogP contribution in [0.3, 0.4) is 0 Å². The van der Waals surface area contributed by atoms with Crippen molar-refractivity contribution in [3.8, 4) is 17.0 Å². The molecule has 94 valence electrons. The highest BCUT2D eigenvalue weighted by Gasteiger charge is 2.05. The van der Waals surface area contributed by atoms with Crippen molar-refractivity contribution in [2.24, 2.45) is 0 Å². The van der Waals surface area contributed by atoms with Gasteiger partial charge in [0.15, 0.2) is 0 Å². The fraction of sp³-hybridized carbons (Fsp3) is 0.214. The van der Waals surface area contributed by atoms with Gasteiger partial charge in [-0.05, 0) is 48.4 Å². The summed E-state index contributed by atoms with van der Waals surface area (Å²) in [6.07, 6.45) is 0. The van der Waals surface area contributed by atoms with Crippen LogP contribution >= 0.6 is 0 Å². The molecule has 2 N–H and O–H groups in total. The van der Waals surface area contributed by atoms with Gasteiger partial charge in [-0.25, -0.2) is 0 Å². The minimum absolute atomic E-state index is 0.253. The van der Waals surface area contributed by atoms with E-state index in [4.69, 9.17) is 9.84 Å². The van der Waals surface area contributed by atoms with E-state index < -0.39 is 0 Å². The number of H-pyrrole nitrogens is 1. The Bertz CT molecular complexity index is 617. The van der Waals surface area contributed by atoms with Crippen molar-refractivity contribution in [3.63, 3.8) is 0 Å². The number of aliphatic hydroxyl groups is 1. The summed E-state index contributed by atoms with van der Waals surface area (Å²) in [5.74, 6) is 0.813. The maximum absolute atomic E-state index is 11.6. The van der Waals surface area contributed by atoms with Crippen LogP contribution in [-0.2, 0) is 6.61 Å². The Hall–Kier alpha value is -2.07. The summed E-state index contributed by atoms with van der Waals surface area (Å²) >= 11 is 0. The largest absolute Gasteiger partial charge is 0.496 e. The summed E-state index contributed by atoms with van der Waals surface area (Å²) in [5.41, 5.74) is 2.74. The van der Waals surface area contributed by atoms with E-state index in [1.54, 1.807) is 19.2 Å². The van der Waals surface area contributed by atoms with Crippen molar-refractivity contribution in [2.45, 2.75) is 13.5 Å². The third kappa shape index (κ3) is 2.28. The Morgan fingerprint density at radius 3 is 2.61 bits per heavy atom. The summed E-state index contributed by atoms with van der Waals surface area (Å²) < 4.78 is 5.19. The molecule has 1 aromatic heterocycles. The number of aliphatic hydroxyl groups excluding tert-OH is 1. The van der Waals surface area contributed by atoms with E-state index in [2.05, 4.69) is 4.98 Å². The number of hydrogen-bond donors (Lipinski definition) is 2. The minimum Gasteiger partial charge on any atom is -0.496 e. The highest BCUT2D eigenvalue weighted by Crippen LogP contribution is 2.24. The molecule has 0 saturated carbocycles. The molecule has 0 amide bonds. The lowest BCUT2D eigenvalue weighted by atomic mass is 10.1. The molecule has 4 nitrogen and oxygen atoms in total. The number of aryl methyl sites for hydroxylation is 1. The Morgan fingerprint density at radius 1 is 1.28 bits per heavy atom. The van der Waals surface area contributed by atoms with Crippen molar-refractivity contribution in [3.05, 3.63) is 51.8 Å². The average Bonchev–Trinajstić information content (AvgIpc) is 2.38. The van der Waals surface area contributed by atoms with E-state index in [-0.39, 0.29) is 12.2 Å². The second-order valence-corrected chi connectivity index (χ2v) is 4.07. The maximum Gasteiger partial charge on any atom is 0.253 e. The highest BCUT2D eigenvalue weighted by atomic mass is 16.5. The molecular weight excluding hydrogens is 230 g/mol. The fourth-order valence-electron chi connectivity index (χ4n) is 1.84. The zero-order chi connectivity index (χ0) is 13.1. The molecule has 2 rings (SSSR count). The second kappa shape index (κ2) is 5.06. The van der Waals surface area contributed by atoms with Crippen LogP contribution in [0.25, 0.3) is 11.3 Å². The van der Waals surface area contributed by atoms with Crippen molar-refractivity contribution < 1.29 is 9.84 Å². The predicted octanol–water partition coefficient (Wildman–Crippen LogP) is 1.85. The minimum atomic E-state index is -0.261. The molecule has 0 saturated heterocycles. The van der Waals surface area contributed by atoms with E-state index in [0.717, 1.165) is 22.6 Å². The Morgan fingerprint density at radius 2 is 2.06 bits per heavy atom. The molecule has 0 aliphatic rings. The first kappa shape index (κ1) is 12.4. The number of ether oxygens (including phenoxy) is 1. The Labute approximate surface area is 105 Å². The molecule has 0 aliphatic heterocycles. The quantitative estimate of drug-likeness (QED) is 0.867. The molecule has 1 aromatic carbocycles. The highest BCUT2D eigenvalue weighted by molar-refractivity contribution is 5.61. The van der Waals surface area contributed by atoms with Crippen LogP contribution in [0.5, 0.6) is 5.75 Å². The van der Waals surface area contributed by atoms with Crippen molar-refractivity contribution in [2.75, 3.05) is 7.11 Å². The van der Waals surface area contributed by atoms with Crippen LogP contribution in [0.15, 0.2) is 35.1 Å². The molecule has 0 radical (unpaired) electrons. The lowest BCUT2D eigenvalue weighted by molar-refractivity contribution is 0.280. The molecule has 4 heteroatoms. The van der Waals surface area contributed by atoms with Gasteiger partial charge in [0.25, 0.3) is 5.56 Å². The van der Waals surface area contributed by atoms with Crippen LogP contribution in [0, 0.1) is 6.92 Å². The van der Waals surface area contributed by atoms with Gasteiger partial charge in [0.05, 0.1) is 13.7 Å². The first-order chi connectivity index (χ1) is 8.65. The molecule has 0 aliphatic carbocycles. The third-order valence-corrected chi connectivity index (χ3v) is 2.87. The van der Waals surface area contributed by atoms with E-state index in [0.29, 0.717) is 5.56 Å². The lowest BCUT2D eigenvalue weighted by Crippen LogP contribution is -2.12. The van der Waals surface area contributed by atoms with Gasteiger partial charge in [-0.15, -0.1) is 0 Å². The topological polar surface area (TPSA) is 62.3 Å². The monoisotopic (exact) mass is 245 g/mol. The number of aromatic amines is 1. The number of methoxy groups -OCH3 is 1. The third-order valence-electron chi connectivity index (χ3n) is 2.87.